The first-order valence-electron chi connectivity index (χ1n) is 12.8. The number of carboxylic acids is 1. The number of carbonyl (C=O) groups is 1. The number of carboxylic acid groups (broad SMARTS) is 1. The number of aliphatic carboxylic acids is 1. The molecule has 2 aromatic carbocycles. The molecular weight excluding hydrogens is 566 g/mol. The molecule has 2 aliphatic heterocycles. The third kappa shape index (κ3) is 8.05. The highest BCUT2D eigenvalue weighted by Gasteiger charge is 2.38. The molecule has 0 spiro atoms. The summed E-state index contributed by atoms with van der Waals surface area (Å²) in [6.45, 7) is 3.97. The number of benzene rings is 2. The average molecular weight is 592 g/mol. The van der Waals surface area contributed by atoms with E-state index in [0.29, 0.717) is 18.2 Å². The first kappa shape index (κ1) is 30.0. The first-order chi connectivity index (χ1) is 19.5. The number of alkyl halides is 3. The van der Waals surface area contributed by atoms with Crippen LogP contribution in [0.2, 0.25) is 5.15 Å². The van der Waals surface area contributed by atoms with Gasteiger partial charge >= 0.3 is 12.1 Å². The zero-order valence-corrected chi connectivity index (χ0v) is 22.5. The Morgan fingerprint density at radius 1 is 1.10 bits per heavy atom. The molecule has 0 saturated carbocycles. The van der Waals surface area contributed by atoms with E-state index in [1.54, 1.807) is 6.07 Å². The lowest BCUT2D eigenvalue weighted by Gasteiger charge is -2.34. The lowest BCUT2D eigenvalue weighted by Crippen LogP contribution is -2.39. The number of halogens is 5. The molecular formula is C28H26ClF4N5O3. The average Bonchev–Trinajstić information content (AvgIpc) is 2.94. The van der Waals surface area contributed by atoms with E-state index in [-0.39, 0.29) is 17.4 Å². The molecule has 0 radical (unpaired) electrons. The Kier molecular flexibility index (Phi) is 9.62. The number of nitrogens with zero attached hydrogens (tertiary/aromatic N) is 5. The Morgan fingerprint density at radius 2 is 1.78 bits per heavy atom. The van der Waals surface area contributed by atoms with E-state index in [2.05, 4.69) is 34.1 Å². The van der Waals surface area contributed by atoms with Crippen LogP contribution in [0.25, 0.3) is 0 Å². The highest BCUT2D eigenvalue weighted by Crippen LogP contribution is 2.30. The largest absolute Gasteiger partial charge is 0.490 e. The second-order valence-electron chi connectivity index (χ2n) is 9.54. The van der Waals surface area contributed by atoms with Crippen molar-refractivity contribution < 1.29 is 32.2 Å². The van der Waals surface area contributed by atoms with Gasteiger partial charge in [-0.25, -0.2) is 19.2 Å². The van der Waals surface area contributed by atoms with Crippen molar-refractivity contribution in [2.75, 3.05) is 24.5 Å². The van der Waals surface area contributed by atoms with Gasteiger partial charge in [-0.3, -0.25) is 4.90 Å². The Hall–Kier alpha value is -3.95. The Morgan fingerprint density at radius 3 is 2.39 bits per heavy atom. The quantitative estimate of drug-likeness (QED) is 0.395. The summed E-state index contributed by atoms with van der Waals surface area (Å²) in [5.74, 6) is -2.36. The number of aromatic nitrogens is 2. The van der Waals surface area contributed by atoms with Crippen LogP contribution in [0.15, 0.2) is 48.5 Å². The molecule has 3 heterocycles. The zero-order valence-electron chi connectivity index (χ0n) is 21.7. The van der Waals surface area contributed by atoms with E-state index >= 15 is 0 Å². The normalized spacial score (nSPS) is 15.8. The minimum atomic E-state index is -5.08. The lowest BCUT2D eigenvalue weighted by atomic mass is 10.1. The second kappa shape index (κ2) is 13.1. The van der Waals surface area contributed by atoms with Gasteiger partial charge in [0.1, 0.15) is 6.10 Å². The Labute approximate surface area is 238 Å². The van der Waals surface area contributed by atoms with Crippen molar-refractivity contribution in [3.63, 3.8) is 0 Å². The Bertz CT molecular complexity index is 1410. The number of piperidine rings is 1. The van der Waals surface area contributed by atoms with Crippen LogP contribution in [0.5, 0.6) is 5.75 Å². The summed E-state index contributed by atoms with van der Waals surface area (Å²) in [6, 6.07) is 16.7. The van der Waals surface area contributed by atoms with Crippen LogP contribution in [0.3, 0.4) is 0 Å². The third-order valence-corrected chi connectivity index (χ3v) is 6.87. The molecule has 1 saturated heterocycles. The van der Waals surface area contributed by atoms with E-state index in [1.807, 2.05) is 12.1 Å². The highest BCUT2D eigenvalue weighted by molar-refractivity contribution is 6.31. The molecule has 1 N–H and O–H groups in total. The van der Waals surface area contributed by atoms with Crippen LogP contribution in [0.1, 0.15) is 35.4 Å². The van der Waals surface area contributed by atoms with Crippen LogP contribution >= 0.6 is 11.6 Å². The molecule has 1 fully saturated rings. The minimum absolute atomic E-state index is 0.102. The molecule has 0 unspecified atom stereocenters. The zero-order chi connectivity index (χ0) is 29.6. The third-order valence-electron chi connectivity index (χ3n) is 6.62. The Balaban J connectivity index is 0.000000493. The van der Waals surface area contributed by atoms with Crippen molar-refractivity contribution in [1.29, 1.82) is 5.26 Å². The summed E-state index contributed by atoms with van der Waals surface area (Å²) >= 11 is 6.58. The highest BCUT2D eigenvalue weighted by atomic mass is 35.5. The monoisotopic (exact) mass is 591 g/mol. The molecule has 0 amide bonds. The maximum absolute atomic E-state index is 14.2. The molecule has 8 nitrogen and oxygen atoms in total. The van der Waals surface area contributed by atoms with E-state index in [9.17, 15) is 17.6 Å². The van der Waals surface area contributed by atoms with Crippen molar-refractivity contribution in [2.24, 2.45) is 0 Å². The summed E-state index contributed by atoms with van der Waals surface area (Å²) in [5.41, 5.74) is 3.53. The molecule has 1 aromatic heterocycles. The van der Waals surface area contributed by atoms with Gasteiger partial charge in [0, 0.05) is 52.0 Å². The number of anilines is 1. The fourth-order valence-electron chi connectivity index (χ4n) is 4.56. The van der Waals surface area contributed by atoms with Crippen LogP contribution < -0.4 is 9.64 Å². The summed E-state index contributed by atoms with van der Waals surface area (Å²) in [4.78, 5) is 23.0. The number of fused-ring (bicyclic) bond motifs is 1. The minimum Gasteiger partial charge on any atom is -0.487 e. The maximum Gasteiger partial charge on any atom is 0.490 e. The van der Waals surface area contributed by atoms with E-state index in [0.717, 1.165) is 56.1 Å². The number of rotatable bonds is 5. The van der Waals surface area contributed by atoms with Crippen molar-refractivity contribution >= 4 is 23.4 Å². The molecule has 216 valence electrons. The number of hydrogen-bond acceptors (Lipinski definition) is 7. The summed E-state index contributed by atoms with van der Waals surface area (Å²) < 4.78 is 51.8. The van der Waals surface area contributed by atoms with Crippen molar-refractivity contribution in [1.82, 2.24) is 14.9 Å². The fourth-order valence-corrected chi connectivity index (χ4v) is 4.83. The summed E-state index contributed by atoms with van der Waals surface area (Å²) in [5, 5.41) is 16.4. The van der Waals surface area contributed by atoms with Crippen molar-refractivity contribution in [3.8, 4) is 11.8 Å². The smallest absolute Gasteiger partial charge is 0.487 e. The topological polar surface area (TPSA) is 103 Å². The van der Waals surface area contributed by atoms with Gasteiger partial charge in [0.15, 0.2) is 22.5 Å². The fraction of sp³-hybridized carbons (Fsp3) is 0.357. The van der Waals surface area contributed by atoms with Gasteiger partial charge in [-0.15, -0.1) is 0 Å². The molecule has 0 aliphatic carbocycles. The SMILES string of the molecule is N#Cc1ccc(OC2CCN(c3nc4c(nc3Cl)CN(Cc3ccccc3)CC4)CC2)c(F)c1.O=C(O)C(F)(F)F. The van der Waals surface area contributed by atoms with Gasteiger partial charge in [0.05, 0.1) is 23.0 Å². The molecule has 0 atom stereocenters. The van der Waals surface area contributed by atoms with Crippen molar-refractivity contribution in [2.45, 2.75) is 44.6 Å². The molecule has 3 aromatic rings. The van der Waals surface area contributed by atoms with Gasteiger partial charge in [-0.05, 0) is 23.8 Å². The summed E-state index contributed by atoms with van der Waals surface area (Å²) in [7, 11) is 0. The van der Waals surface area contributed by atoms with Crippen LogP contribution in [-0.4, -0.2) is 57.9 Å². The molecule has 41 heavy (non-hydrogen) atoms. The van der Waals surface area contributed by atoms with Gasteiger partial charge in [0.25, 0.3) is 0 Å². The molecule has 13 heteroatoms. The molecule has 2 aliphatic rings. The number of hydrogen-bond donors (Lipinski definition) is 1. The summed E-state index contributed by atoms with van der Waals surface area (Å²) in [6.07, 6.45) is -2.90. The maximum atomic E-state index is 14.2. The predicted octanol–water partition coefficient (Wildman–Crippen LogP) is 5.38. The standard InChI is InChI=1S/C26H25ClFN5O.C2HF3O2/c27-25-26(31-22-10-11-32(17-23(22)30-25)16-18-4-2-1-3-5-18)33-12-8-20(9-13-33)34-24-7-6-19(15-29)14-21(24)28;3-2(4,5)1(6)7/h1-7,14,20H,8-13,16-17H2;(H,6,7). The lowest BCUT2D eigenvalue weighted by molar-refractivity contribution is -0.192. The van der Waals surface area contributed by atoms with E-state index in [4.69, 9.17) is 41.5 Å². The number of nitriles is 1. The van der Waals surface area contributed by atoms with Crippen LogP contribution in [0.4, 0.5) is 23.4 Å². The van der Waals surface area contributed by atoms with E-state index < -0.39 is 18.0 Å². The van der Waals surface area contributed by atoms with Crippen LogP contribution in [0, 0.1) is 17.1 Å². The second-order valence-corrected chi connectivity index (χ2v) is 9.90. The van der Waals surface area contributed by atoms with Gasteiger partial charge in [-0.2, -0.15) is 18.4 Å². The van der Waals surface area contributed by atoms with Gasteiger partial charge < -0.3 is 14.7 Å². The van der Waals surface area contributed by atoms with E-state index in [1.165, 1.54) is 17.7 Å². The first-order valence-corrected chi connectivity index (χ1v) is 13.1. The predicted molar refractivity (Wildman–Crippen MR) is 142 cm³/mol. The number of ether oxygens (including phenoxy) is 1. The van der Waals surface area contributed by atoms with Gasteiger partial charge in [0.2, 0.25) is 0 Å². The molecule has 5 rings (SSSR count). The van der Waals surface area contributed by atoms with Crippen molar-refractivity contribution in [3.05, 3.63) is 82.0 Å². The van der Waals surface area contributed by atoms with Crippen LogP contribution in [-0.2, 0) is 24.3 Å². The molecule has 0 bridgehead atoms. The van der Waals surface area contributed by atoms with Gasteiger partial charge in [-0.1, -0.05) is 41.9 Å².